The van der Waals surface area contributed by atoms with Gasteiger partial charge in [-0.25, -0.2) is 14.6 Å². The van der Waals surface area contributed by atoms with E-state index < -0.39 is 5.91 Å². The highest BCUT2D eigenvalue weighted by atomic mass is 16.5. The van der Waals surface area contributed by atoms with Crippen molar-refractivity contribution in [2.75, 3.05) is 6.61 Å². The second-order valence-electron chi connectivity index (χ2n) is 6.66. The van der Waals surface area contributed by atoms with E-state index in [0.29, 0.717) is 24.7 Å². The van der Waals surface area contributed by atoms with Crippen LogP contribution in [0, 0.1) is 0 Å². The third-order valence-electron chi connectivity index (χ3n) is 4.37. The monoisotopic (exact) mass is 380 g/mol. The van der Waals surface area contributed by atoms with Gasteiger partial charge in [0.1, 0.15) is 36.0 Å². The van der Waals surface area contributed by atoms with Gasteiger partial charge >= 0.3 is 0 Å². The van der Waals surface area contributed by atoms with Gasteiger partial charge in [0.2, 0.25) is 0 Å². The number of fused-ring (bicyclic) bond motifs is 3. The van der Waals surface area contributed by atoms with Gasteiger partial charge in [0.05, 0.1) is 12.1 Å². The molecule has 1 aliphatic rings. The number of ether oxygens (including phenoxy) is 2. The molecule has 0 bridgehead atoms. The molecule has 2 N–H and O–H groups in total. The minimum Gasteiger partial charge on any atom is -0.491 e. The summed E-state index contributed by atoms with van der Waals surface area (Å²) in [5, 5.41) is 4.28. The van der Waals surface area contributed by atoms with Crippen LogP contribution in [-0.2, 0) is 11.3 Å². The Morgan fingerprint density at radius 2 is 2.18 bits per heavy atom. The van der Waals surface area contributed by atoms with Crippen molar-refractivity contribution in [3.63, 3.8) is 0 Å². The average molecular weight is 380 g/mol. The minimum atomic E-state index is -0.717. The number of hydrogen-bond acceptors (Lipinski definition) is 6. The summed E-state index contributed by atoms with van der Waals surface area (Å²) in [5.74, 6) is 1.66. The van der Waals surface area contributed by atoms with Gasteiger partial charge < -0.3 is 19.8 Å². The number of primary amides is 1. The Morgan fingerprint density at radius 3 is 2.93 bits per heavy atom. The van der Waals surface area contributed by atoms with Crippen LogP contribution >= 0.6 is 0 Å². The molecule has 9 nitrogen and oxygen atoms in total. The summed E-state index contributed by atoms with van der Waals surface area (Å²) in [6.07, 6.45) is 3.49. The molecule has 0 atom stereocenters. The van der Waals surface area contributed by atoms with E-state index in [1.54, 1.807) is 12.1 Å². The Hall–Kier alpha value is -3.62. The van der Waals surface area contributed by atoms with Crippen LogP contribution in [-0.4, -0.2) is 36.8 Å². The zero-order valence-electron chi connectivity index (χ0n) is 15.6. The first kappa shape index (κ1) is 17.8. The fourth-order valence-corrected chi connectivity index (χ4v) is 3.04. The normalized spacial score (nSPS) is 12.7. The number of aromatic nitrogens is 5. The largest absolute Gasteiger partial charge is 0.491 e. The van der Waals surface area contributed by atoms with Crippen molar-refractivity contribution in [1.82, 2.24) is 24.3 Å². The quantitative estimate of drug-likeness (QED) is 0.536. The molecular weight excluding hydrogens is 360 g/mol. The number of hydrogen-bond donors (Lipinski definition) is 1. The molecule has 1 aliphatic heterocycles. The first-order valence-electron chi connectivity index (χ1n) is 8.85. The van der Waals surface area contributed by atoms with E-state index in [9.17, 15) is 4.79 Å². The van der Waals surface area contributed by atoms with Gasteiger partial charge in [-0.05, 0) is 26.0 Å². The zero-order chi connectivity index (χ0) is 19.8. The van der Waals surface area contributed by atoms with Crippen LogP contribution in [0.2, 0.25) is 0 Å². The summed E-state index contributed by atoms with van der Waals surface area (Å²) in [6.45, 7) is 8.69. The molecule has 0 saturated carbocycles. The highest BCUT2D eigenvalue weighted by molar-refractivity contribution is 5.89. The maximum absolute atomic E-state index is 11.1. The van der Waals surface area contributed by atoms with E-state index in [2.05, 4.69) is 16.7 Å². The van der Waals surface area contributed by atoms with Crippen LogP contribution in [0.1, 0.15) is 19.9 Å². The van der Waals surface area contributed by atoms with Crippen molar-refractivity contribution in [2.45, 2.75) is 26.4 Å². The summed E-state index contributed by atoms with van der Waals surface area (Å²) in [4.78, 5) is 20.3. The lowest BCUT2D eigenvalue weighted by Gasteiger charge is -2.10. The smallest absolute Gasteiger partial charge is 0.283 e. The number of rotatable bonds is 5. The lowest BCUT2D eigenvalue weighted by molar-refractivity contribution is -0.116. The molecule has 0 unspecified atom stereocenters. The molecule has 0 saturated heterocycles. The van der Waals surface area contributed by atoms with E-state index in [4.69, 9.17) is 20.2 Å². The fourth-order valence-electron chi connectivity index (χ4n) is 3.04. The van der Waals surface area contributed by atoms with Gasteiger partial charge in [0.15, 0.2) is 11.6 Å². The molecule has 1 aromatic carbocycles. The highest BCUT2D eigenvalue weighted by Gasteiger charge is 2.22. The molecule has 3 aromatic rings. The number of nitrogens with two attached hydrogens (primary N) is 1. The van der Waals surface area contributed by atoms with Crippen LogP contribution in [0.25, 0.3) is 22.9 Å². The number of nitrogens with zero attached hydrogens (tertiary/aromatic N) is 5. The number of imidazole rings is 1. The standard InChI is InChI=1S/C19H20N6O3/c1-11(2)25-19(21-10-22-25)15-9-24-6-7-27-16-8-13(28-12(3)17(20)26)4-5-14(16)18(24)23-15/h4-5,8-11H,3,6-7H2,1-2H3,(H2,20,26). The summed E-state index contributed by atoms with van der Waals surface area (Å²) >= 11 is 0. The first-order chi connectivity index (χ1) is 13.4. The van der Waals surface area contributed by atoms with Crippen LogP contribution in [0.15, 0.2) is 43.1 Å². The van der Waals surface area contributed by atoms with E-state index in [1.807, 2.05) is 35.4 Å². The Bertz CT molecular complexity index is 1070. The molecule has 28 heavy (non-hydrogen) atoms. The van der Waals surface area contributed by atoms with E-state index in [0.717, 1.165) is 22.9 Å². The molecule has 3 heterocycles. The minimum absolute atomic E-state index is 0.134. The predicted octanol–water partition coefficient (Wildman–Crippen LogP) is 2.16. The topological polar surface area (TPSA) is 110 Å². The third-order valence-corrected chi connectivity index (χ3v) is 4.37. The molecule has 0 spiro atoms. The summed E-state index contributed by atoms with van der Waals surface area (Å²) in [7, 11) is 0. The van der Waals surface area contributed by atoms with Crippen LogP contribution in [0.5, 0.6) is 11.5 Å². The first-order valence-corrected chi connectivity index (χ1v) is 8.85. The SMILES string of the molecule is C=C(Oc1ccc2c(c1)OCCn1cc(-c3ncnn3C(C)C)nc1-2)C(N)=O. The number of benzene rings is 1. The van der Waals surface area contributed by atoms with Gasteiger partial charge in [-0.15, -0.1) is 0 Å². The zero-order valence-corrected chi connectivity index (χ0v) is 15.6. The number of amides is 1. The summed E-state index contributed by atoms with van der Waals surface area (Å²) in [5.41, 5.74) is 6.73. The molecule has 4 rings (SSSR count). The van der Waals surface area contributed by atoms with E-state index in [1.165, 1.54) is 6.33 Å². The van der Waals surface area contributed by atoms with Crippen molar-refractivity contribution in [3.8, 4) is 34.4 Å². The van der Waals surface area contributed by atoms with Crippen LogP contribution in [0.4, 0.5) is 0 Å². The maximum atomic E-state index is 11.1. The lowest BCUT2D eigenvalue weighted by atomic mass is 10.2. The van der Waals surface area contributed by atoms with E-state index >= 15 is 0 Å². The average Bonchev–Trinajstić information content (AvgIpc) is 3.26. The predicted molar refractivity (Wildman–Crippen MR) is 102 cm³/mol. The molecule has 1 amide bonds. The molecular formula is C19H20N6O3. The third kappa shape index (κ3) is 3.11. The maximum Gasteiger partial charge on any atom is 0.283 e. The molecule has 9 heteroatoms. The Morgan fingerprint density at radius 1 is 1.36 bits per heavy atom. The van der Waals surface area contributed by atoms with E-state index in [-0.39, 0.29) is 11.8 Å². The van der Waals surface area contributed by atoms with Crippen molar-refractivity contribution in [3.05, 3.63) is 43.1 Å². The number of carbonyl (C=O) groups is 1. The summed E-state index contributed by atoms with van der Waals surface area (Å²) < 4.78 is 15.1. The molecule has 0 radical (unpaired) electrons. The van der Waals surface area contributed by atoms with Crippen molar-refractivity contribution < 1.29 is 14.3 Å². The van der Waals surface area contributed by atoms with Crippen molar-refractivity contribution >= 4 is 5.91 Å². The summed E-state index contributed by atoms with van der Waals surface area (Å²) in [6, 6.07) is 5.42. The molecule has 144 valence electrons. The Balaban J connectivity index is 1.73. The van der Waals surface area contributed by atoms with Crippen LogP contribution in [0.3, 0.4) is 0 Å². The Kier molecular flexibility index (Phi) is 4.34. The van der Waals surface area contributed by atoms with Crippen molar-refractivity contribution in [1.29, 1.82) is 0 Å². The van der Waals surface area contributed by atoms with Gasteiger partial charge in [0.25, 0.3) is 5.91 Å². The number of carbonyl (C=O) groups excluding carboxylic acids is 1. The molecule has 0 fully saturated rings. The highest BCUT2D eigenvalue weighted by Crippen LogP contribution is 2.36. The second-order valence-corrected chi connectivity index (χ2v) is 6.66. The fraction of sp³-hybridized carbons (Fsp3) is 0.263. The van der Waals surface area contributed by atoms with Crippen LogP contribution < -0.4 is 15.2 Å². The van der Waals surface area contributed by atoms with Crippen molar-refractivity contribution in [2.24, 2.45) is 5.73 Å². The van der Waals surface area contributed by atoms with Gasteiger partial charge in [-0.1, -0.05) is 6.58 Å². The van der Waals surface area contributed by atoms with Gasteiger partial charge in [-0.3, -0.25) is 4.79 Å². The Labute approximate surface area is 161 Å². The lowest BCUT2D eigenvalue weighted by Crippen LogP contribution is -2.17. The van der Waals surface area contributed by atoms with Gasteiger partial charge in [0, 0.05) is 18.3 Å². The van der Waals surface area contributed by atoms with Gasteiger partial charge in [-0.2, -0.15) is 5.10 Å². The second kappa shape index (κ2) is 6.84. The molecule has 2 aromatic heterocycles. The molecule has 0 aliphatic carbocycles.